The van der Waals surface area contributed by atoms with Crippen molar-refractivity contribution in [1.29, 1.82) is 0 Å². The number of rotatable bonds is 56. The van der Waals surface area contributed by atoms with Crippen LogP contribution in [0.15, 0.2) is 36.5 Å². The summed E-state index contributed by atoms with van der Waals surface area (Å²) in [4.78, 5) is 24.5. The molecule has 0 spiro atoms. The number of aliphatic hydroxyl groups excluding tert-OH is 2. The van der Waals surface area contributed by atoms with Gasteiger partial charge < -0.3 is 20.3 Å². The number of carbonyl (C=O) groups excluding carboxylic acids is 2. The second-order valence-electron chi connectivity index (χ2n) is 20.7. The van der Waals surface area contributed by atoms with Crippen LogP contribution < -0.4 is 5.32 Å². The van der Waals surface area contributed by atoms with Gasteiger partial charge in [-0.3, -0.25) is 9.59 Å². The molecule has 0 aliphatic rings. The Kier molecular flexibility index (Phi) is 56.0. The third-order valence-electron chi connectivity index (χ3n) is 13.9. The maximum absolute atomic E-state index is 12.4. The molecule has 0 bridgehead atoms. The molecule has 1 amide bonds. The number of carbonyl (C=O) groups is 2. The van der Waals surface area contributed by atoms with E-state index in [-0.39, 0.29) is 18.5 Å². The molecule has 0 heterocycles. The summed E-state index contributed by atoms with van der Waals surface area (Å²) in [5, 5.41) is 23.1. The molecule has 400 valence electrons. The molecule has 3 N–H and O–H groups in total. The van der Waals surface area contributed by atoms with Crippen LogP contribution in [0.4, 0.5) is 0 Å². The number of nitrogens with one attached hydrogen (secondary N) is 1. The first-order chi connectivity index (χ1) is 33.5. The monoisotopic (exact) mass is 956 g/mol. The van der Waals surface area contributed by atoms with Gasteiger partial charge in [0.25, 0.3) is 0 Å². The van der Waals surface area contributed by atoms with Crippen molar-refractivity contribution in [2.45, 2.75) is 334 Å². The zero-order valence-corrected chi connectivity index (χ0v) is 45.6. The molecule has 0 fully saturated rings. The number of esters is 1. The summed E-state index contributed by atoms with van der Waals surface area (Å²) >= 11 is 0. The van der Waals surface area contributed by atoms with Gasteiger partial charge in [-0.15, -0.1) is 0 Å². The van der Waals surface area contributed by atoms with E-state index < -0.39 is 12.1 Å². The molecular weight excluding hydrogens is 839 g/mol. The summed E-state index contributed by atoms with van der Waals surface area (Å²) < 4.78 is 5.49. The standard InChI is InChI=1S/C62H117NO5/c1-3-5-7-9-11-13-15-17-19-20-21-25-28-32-36-40-44-48-52-56-62(67)68-57-53-49-45-41-37-33-29-26-23-22-24-27-31-35-39-43-47-51-55-61(66)63-59(58-64)60(65)54-50-46-42-38-34-30-18-16-14-12-10-8-6-4-2/h17,19,24,27,50,54,59-60,64-65H,3-16,18,20-23,25-26,28-49,51-53,55-58H2,1-2H3,(H,63,66)/b19-17-,27-24-,54-50+. The molecule has 0 aromatic carbocycles. The number of hydrogen-bond donors (Lipinski definition) is 3. The normalized spacial score (nSPS) is 12.8. The van der Waals surface area contributed by atoms with E-state index in [2.05, 4.69) is 43.5 Å². The Hall–Kier alpha value is -1.92. The Morgan fingerprint density at radius 2 is 0.691 bits per heavy atom. The van der Waals surface area contributed by atoms with Crippen molar-refractivity contribution in [3.8, 4) is 0 Å². The maximum atomic E-state index is 12.4. The molecule has 2 atom stereocenters. The highest BCUT2D eigenvalue weighted by Crippen LogP contribution is 2.16. The number of hydrogen-bond acceptors (Lipinski definition) is 5. The van der Waals surface area contributed by atoms with Crippen molar-refractivity contribution in [2.75, 3.05) is 13.2 Å². The Morgan fingerprint density at radius 3 is 1.04 bits per heavy atom. The SMILES string of the molecule is CCCCCCCC/C=C\CCCCCCCCCCCC(=O)OCCCCCCCCCCC/C=C\CCCCCCCC(=O)NC(CO)C(O)/C=C/CCCCCCCCCCCCCC. The molecule has 6 nitrogen and oxygen atoms in total. The van der Waals surface area contributed by atoms with Crippen LogP contribution >= 0.6 is 0 Å². The van der Waals surface area contributed by atoms with E-state index in [4.69, 9.17) is 4.74 Å². The molecular formula is C62H117NO5. The van der Waals surface area contributed by atoms with E-state index in [1.807, 2.05) is 6.08 Å². The van der Waals surface area contributed by atoms with Crippen molar-refractivity contribution in [3.63, 3.8) is 0 Å². The van der Waals surface area contributed by atoms with Crippen molar-refractivity contribution in [3.05, 3.63) is 36.5 Å². The maximum Gasteiger partial charge on any atom is 0.305 e. The van der Waals surface area contributed by atoms with Crippen LogP contribution in [0, 0.1) is 0 Å². The fourth-order valence-electron chi connectivity index (χ4n) is 9.21. The lowest BCUT2D eigenvalue weighted by molar-refractivity contribution is -0.143. The second-order valence-corrected chi connectivity index (χ2v) is 20.7. The number of amides is 1. The molecule has 0 aliphatic heterocycles. The molecule has 0 saturated carbocycles. The van der Waals surface area contributed by atoms with Crippen molar-refractivity contribution in [1.82, 2.24) is 5.32 Å². The van der Waals surface area contributed by atoms with Crippen LogP contribution in [0.2, 0.25) is 0 Å². The molecule has 0 radical (unpaired) electrons. The van der Waals surface area contributed by atoms with Crippen LogP contribution in [0.5, 0.6) is 0 Å². The first kappa shape index (κ1) is 66.1. The fourth-order valence-corrected chi connectivity index (χ4v) is 9.21. The molecule has 0 rings (SSSR count). The minimum atomic E-state index is -0.853. The fraction of sp³-hybridized carbons (Fsp3) is 0.871. The lowest BCUT2D eigenvalue weighted by Gasteiger charge is -2.20. The van der Waals surface area contributed by atoms with Gasteiger partial charge in [0.05, 0.1) is 25.4 Å². The van der Waals surface area contributed by atoms with Gasteiger partial charge in [0, 0.05) is 12.8 Å². The minimum Gasteiger partial charge on any atom is -0.466 e. The molecule has 0 aliphatic carbocycles. The Labute approximate surface area is 424 Å². The van der Waals surface area contributed by atoms with Gasteiger partial charge in [0.15, 0.2) is 0 Å². The van der Waals surface area contributed by atoms with Crippen molar-refractivity contribution >= 4 is 11.9 Å². The third kappa shape index (κ3) is 53.4. The zero-order valence-electron chi connectivity index (χ0n) is 45.6. The lowest BCUT2D eigenvalue weighted by atomic mass is 10.0. The first-order valence-electron chi connectivity index (χ1n) is 30.3. The largest absolute Gasteiger partial charge is 0.466 e. The van der Waals surface area contributed by atoms with E-state index in [9.17, 15) is 19.8 Å². The number of unbranched alkanes of at least 4 members (excludes halogenated alkanes) is 41. The highest BCUT2D eigenvalue weighted by Gasteiger charge is 2.18. The van der Waals surface area contributed by atoms with Crippen LogP contribution in [0.3, 0.4) is 0 Å². The number of allylic oxidation sites excluding steroid dienone is 5. The van der Waals surface area contributed by atoms with E-state index in [1.54, 1.807) is 6.08 Å². The number of ether oxygens (including phenoxy) is 1. The van der Waals surface area contributed by atoms with Crippen LogP contribution in [0.1, 0.15) is 322 Å². The molecule has 0 saturated heterocycles. The average molecular weight is 957 g/mol. The Morgan fingerprint density at radius 1 is 0.397 bits per heavy atom. The highest BCUT2D eigenvalue weighted by molar-refractivity contribution is 5.76. The predicted molar refractivity (Wildman–Crippen MR) is 296 cm³/mol. The van der Waals surface area contributed by atoms with Crippen LogP contribution in [-0.2, 0) is 14.3 Å². The van der Waals surface area contributed by atoms with Gasteiger partial charge >= 0.3 is 5.97 Å². The van der Waals surface area contributed by atoms with E-state index >= 15 is 0 Å². The summed E-state index contributed by atoms with van der Waals surface area (Å²) in [6, 6.07) is -0.638. The first-order valence-corrected chi connectivity index (χ1v) is 30.3. The smallest absolute Gasteiger partial charge is 0.305 e. The average Bonchev–Trinajstić information content (AvgIpc) is 3.34. The topological polar surface area (TPSA) is 95.9 Å². The van der Waals surface area contributed by atoms with Crippen molar-refractivity contribution in [2.24, 2.45) is 0 Å². The number of aliphatic hydroxyl groups is 2. The molecule has 0 aromatic rings. The van der Waals surface area contributed by atoms with E-state index in [1.165, 1.54) is 238 Å². The summed E-state index contributed by atoms with van der Waals surface area (Å²) in [6.07, 6.45) is 71.7. The van der Waals surface area contributed by atoms with E-state index in [0.29, 0.717) is 19.4 Å². The van der Waals surface area contributed by atoms with Gasteiger partial charge in [-0.2, -0.15) is 0 Å². The van der Waals surface area contributed by atoms with Gasteiger partial charge in [-0.1, -0.05) is 262 Å². The van der Waals surface area contributed by atoms with Crippen LogP contribution in [-0.4, -0.2) is 47.4 Å². The van der Waals surface area contributed by atoms with Gasteiger partial charge in [-0.25, -0.2) is 0 Å². The van der Waals surface area contributed by atoms with Gasteiger partial charge in [0.2, 0.25) is 5.91 Å². The molecule has 6 heteroatoms. The molecule has 0 aromatic heterocycles. The second kappa shape index (κ2) is 57.7. The Bertz CT molecular complexity index is 1100. The summed E-state index contributed by atoms with van der Waals surface area (Å²) in [5.74, 6) is -0.0803. The zero-order chi connectivity index (χ0) is 49.3. The highest BCUT2D eigenvalue weighted by atomic mass is 16.5. The van der Waals surface area contributed by atoms with Gasteiger partial charge in [0.1, 0.15) is 0 Å². The van der Waals surface area contributed by atoms with Crippen LogP contribution in [0.25, 0.3) is 0 Å². The quantitative estimate of drug-likeness (QED) is 0.0321. The summed E-state index contributed by atoms with van der Waals surface area (Å²) in [5.41, 5.74) is 0. The molecule has 68 heavy (non-hydrogen) atoms. The van der Waals surface area contributed by atoms with E-state index in [0.717, 1.165) is 57.8 Å². The summed E-state index contributed by atoms with van der Waals surface area (Å²) in [6.45, 7) is 4.89. The predicted octanol–water partition coefficient (Wildman–Crippen LogP) is 18.8. The van der Waals surface area contributed by atoms with Crippen molar-refractivity contribution < 1.29 is 24.5 Å². The molecule has 2 unspecified atom stereocenters. The third-order valence-corrected chi connectivity index (χ3v) is 13.9. The Balaban J connectivity index is 3.45. The minimum absolute atomic E-state index is 0.00162. The lowest BCUT2D eigenvalue weighted by Crippen LogP contribution is -2.45. The van der Waals surface area contributed by atoms with Gasteiger partial charge in [-0.05, 0) is 83.5 Å². The summed E-state index contributed by atoms with van der Waals surface area (Å²) in [7, 11) is 0.